The number of aromatic amines is 1. The molecule has 0 bridgehead atoms. The van der Waals surface area contributed by atoms with Crippen LogP contribution in [0.5, 0.6) is 5.75 Å². The van der Waals surface area contributed by atoms with Crippen LogP contribution < -0.4 is 9.04 Å². The van der Waals surface area contributed by atoms with Crippen molar-refractivity contribution >= 4 is 32.6 Å². The maximum absolute atomic E-state index is 13.1. The molecule has 2 aromatic heterocycles. The number of rotatable bonds is 10. The van der Waals surface area contributed by atoms with Crippen molar-refractivity contribution < 1.29 is 27.4 Å². The molecule has 0 saturated heterocycles. The van der Waals surface area contributed by atoms with Crippen LogP contribution in [0.15, 0.2) is 47.6 Å². The number of benzene rings is 1. The summed E-state index contributed by atoms with van der Waals surface area (Å²) in [6.07, 6.45) is 2.09. The van der Waals surface area contributed by atoms with Crippen LogP contribution in [0.4, 0.5) is 5.69 Å². The molecule has 1 aromatic carbocycles. The van der Waals surface area contributed by atoms with E-state index in [0.29, 0.717) is 42.0 Å². The third-order valence-corrected chi connectivity index (χ3v) is 6.23. The Kier molecular flexibility index (Phi) is 7.13. The summed E-state index contributed by atoms with van der Waals surface area (Å²) in [6.45, 7) is 2.87. The summed E-state index contributed by atoms with van der Waals surface area (Å²) in [6, 6.07) is 9.63. The van der Waals surface area contributed by atoms with Crippen molar-refractivity contribution in [2.45, 2.75) is 18.4 Å². The second kappa shape index (κ2) is 9.80. The Balaban J connectivity index is 2.06. The molecule has 0 amide bonds. The number of sulfonamides is 1. The quantitative estimate of drug-likeness (QED) is 0.376. The third kappa shape index (κ3) is 4.97. The van der Waals surface area contributed by atoms with Crippen molar-refractivity contribution in [2.75, 3.05) is 38.3 Å². The number of esters is 1. The summed E-state index contributed by atoms with van der Waals surface area (Å²) >= 11 is 0. The van der Waals surface area contributed by atoms with Gasteiger partial charge in [0.05, 0.1) is 24.4 Å². The zero-order chi connectivity index (χ0) is 22.4. The van der Waals surface area contributed by atoms with Gasteiger partial charge in [0.25, 0.3) is 10.0 Å². The summed E-state index contributed by atoms with van der Waals surface area (Å²) in [5.74, 6) is -0.0569. The van der Waals surface area contributed by atoms with Gasteiger partial charge in [-0.2, -0.15) is 8.42 Å². The number of H-pyrrole nitrogens is 1. The Bertz CT molecular complexity index is 1140. The van der Waals surface area contributed by atoms with Crippen LogP contribution in [0, 0.1) is 0 Å². The molecule has 0 aliphatic carbocycles. The predicted octanol–water partition coefficient (Wildman–Crippen LogP) is 2.98. The molecule has 31 heavy (non-hydrogen) atoms. The number of nitrogens with one attached hydrogen (secondary N) is 1. The fraction of sp³-hybridized carbons (Fsp3) is 0.333. The molecule has 0 atom stereocenters. The van der Waals surface area contributed by atoms with Crippen LogP contribution in [0.2, 0.25) is 0 Å². The van der Waals surface area contributed by atoms with Crippen molar-refractivity contribution in [3.8, 4) is 5.75 Å². The first kappa shape index (κ1) is 22.6. The molecule has 9 nitrogen and oxygen atoms in total. The van der Waals surface area contributed by atoms with Gasteiger partial charge in [-0.1, -0.05) is 6.07 Å². The Labute approximate surface area is 181 Å². The fourth-order valence-corrected chi connectivity index (χ4v) is 4.14. The van der Waals surface area contributed by atoms with E-state index in [1.807, 2.05) is 0 Å². The minimum atomic E-state index is -3.94. The molecule has 166 valence electrons. The Hall–Kier alpha value is -3.11. The molecule has 3 aromatic rings. The predicted molar refractivity (Wildman–Crippen MR) is 116 cm³/mol. The number of ether oxygens (including phenoxy) is 3. The first-order valence-electron chi connectivity index (χ1n) is 9.74. The van der Waals surface area contributed by atoms with Gasteiger partial charge >= 0.3 is 5.97 Å². The van der Waals surface area contributed by atoms with E-state index in [0.717, 1.165) is 4.31 Å². The van der Waals surface area contributed by atoms with Crippen LogP contribution in [0.1, 0.15) is 23.8 Å². The molecule has 0 fully saturated rings. The zero-order valence-corrected chi connectivity index (χ0v) is 18.4. The minimum Gasteiger partial charge on any atom is -0.493 e. The number of pyridine rings is 1. The zero-order valence-electron chi connectivity index (χ0n) is 17.6. The van der Waals surface area contributed by atoms with Crippen LogP contribution in [0.25, 0.3) is 10.9 Å². The van der Waals surface area contributed by atoms with E-state index < -0.39 is 16.0 Å². The Morgan fingerprint density at radius 2 is 2.00 bits per heavy atom. The highest BCUT2D eigenvalue weighted by atomic mass is 32.2. The van der Waals surface area contributed by atoms with Crippen LogP contribution in [0.3, 0.4) is 0 Å². The lowest BCUT2D eigenvalue weighted by molar-refractivity contribution is 0.0520. The normalized spacial score (nSPS) is 11.5. The molecule has 0 aliphatic rings. The number of fused-ring (bicyclic) bond motifs is 1. The van der Waals surface area contributed by atoms with Gasteiger partial charge in [-0.15, -0.1) is 0 Å². The maximum Gasteiger partial charge on any atom is 0.354 e. The van der Waals surface area contributed by atoms with E-state index in [-0.39, 0.29) is 17.3 Å². The summed E-state index contributed by atoms with van der Waals surface area (Å²) in [5, 5.41) is 0.527. The lowest BCUT2D eigenvalue weighted by Crippen LogP contribution is -2.27. The van der Waals surface area contributed by atoms with Crippen LogP contribution in [-0.4, -0.2) is 58.3 Å². The number of methoxy groups -OCH3 is 1. The first-order chi connectivity index (χ1) is 14.9. The highest BCUT2D eigenvalue weighted by Gasteiger charge is 2.26. The van der Waals surface area contributed by atoms with Gasteiger partial charge in [-0.05, 0) is 31.2 Å². The van der Waals surface area contributed by atoms with Gasteiger partial charge < -0.3 is 19.2 Å². The lowest BCUT2D eigenvalue weighted by atomic mass is 10.2. The van der Waals surface area contributed by atoms with Crippen LogP contribution in [-0.2, 0) is 19.5 Å². The van der Waals surface area contributed by atoms with Gasteiger partial charge in [0, 0.05) is 44.8 Å². The van der Waals surface area contributed by atoms with Gasteiger partial charge in [-0.25, -0.2) is 9.78 Å². The topological polar surface area (TPSA) is 111 Å². The Morgan fingerprint density at radius 1 is 1.19 bits per heavy atom. The van der Waals surface area contributed by atoms with E-state index in [1.165, 1.54) is 19.3 Å². The highest BCUT2D eigenvalue weighted by molar-refractivity contribution is 7.92. The number of carbonyl (C=O) groups is 1. The van der Waals surface area contributed by atoms with E-state index in [9.17, 15) is 13.2 Å². The maximum atomic E-state index is 13.1. The minimum absolute atomic E-state index is 0.0887. The molecule has 1 N–H and O–H groups in total. The van der Waals surface area contributed by atoms with E-state index >= 15 is 0 Å². The fourth-order valence-electron chi connectivity index (χ4n) is 3.01. The monoisotopic (exact) mass is 447 g/mol. The van der Waals surface area contributed by atoms with Crippen molar-refractivity contribution in [1.82, 2.24) is 9.97 Å². The third-order valence-electron chi connectivity index (χ3n) is 4.54. The summed E-state index contributed by atoms with van der Waals surface area (Å²) in [4.78, 5) is 19.2. The number of nitrogens with zero attached hydrogens (tertiary/aromatic N) is 2. The van der Waals surface area contributed by atoms with Gasteiger partial charge in [0.15, 0.2) is 5.03 Å². The summed E-state index contributed by atoms with van der Waals surface area (Å²) in [7, 11) is -0.902. The molecular weight excluding hydrogens is 422 g/mol. The summed E-state index contributed by atoms with van der Waals surface area (Å²) < 4.78 is 43.3. The molecule has 3 rings (SSSR count). The number of hydrogen-bond acceptors (Lipinski definition) is 7. The lowest BCUT2D eigenvalue weighted by Gasteiger charge is -2.20. The summed E-state index contributed by atoms with van der Waals surface area (Å²) in [5.41, 5.74) is 1.01. The average Bonchev–Trinajstić information content (AvgIpc) is 3.21. The molecule has 0 saturated carbocycles. The van der Waals surface area contributed by atoms with Gasteiger partial charge in [0.1, 0.15) is 11.4 Å². The van der Waals surface area contributed by atoms with Gasteiger partial charge in [0.2, 0.25) is 0 Å². The SMILES string of the molecule is CCOC(=O)c1cc2cc(OCCCOC)cc(N(C)S(=O)(=O)c3ccccn3)c2[nH]1. The van der Waals surface area contributed by atoms with Crippen molar-refractivity contribution in [2.24, 2.45) is 0 Å². The molecule has 2 heterocycles. The van der Waals surface area contributed by atoms with E-state index in [2.05, 4.69) is 9.97 Å². The molecular formula is C21H25N3O6S. The highest BCUT2D eigenvalue weighted by Crippen LogP contribution is 2.34. The van der Waals surface area contributed by atoms with Crippen LogP contribution >= 0.6 is 0 Å². The van der Waals surface area contributed by atoms with Gasteiger partial charge in [-0.3, -0.25) is 4.31 Å². The molecule has 10 heteroatoms. The van der Waals surface area contributed by atoms with Crippen molar-refractivity contribution in [1.29, 1.82) is 0 Å². The smallest absolute Gasteiger partial charge is 0.354 e. The average molecular weight is 448 g/mol. The number of carbonyl (C=O) groups excluding carboxylic acids is 1. The van der Waals surface area contributed by atoms with Crippen molar-refractivity contribution in [3.05, 3.63) is 48.3 Å². The standard InChI is InChI=1S/C21H25N3O6S/c1-4-29-21(25)17-13-15-12-16(30-11-7-10-28-3)14-18(20(15)23-17)24(2)31(26,27)19-8-5-6-9-22-19/h5-6,8-9,12-14,23H,4,7,10-11H2,1-3H3. The van der Waals surface area contributed by atoms with E-state index in [1.54, 1.807) is 44.4 Å². The first-order valence-corrected chi connectivity index (χ1v) is 11.2. The second-order valence-corrected chi connectivity index (χ2v) is 8.56. The molecule has 0 spiro atoms. The number of aromatic nitrogens is 2. The number of anilines is 1. The van der Waals surface area contributed by atoms with E-state index in [4.69, 9.17) is 14.2 Å². The Morgan fingerprint density at radius 3 is 2.68 bits per heavy atom. The van der Waals surface area contributed by atoms with Crippen molar-refractivity contribution in [3.63, 3.8) is 0 Å². The largest absolute Gasteiger partial charge is 0.493 e. The second-order valence-electron chi connectivity index (χ2n) is 6.65. The molecule has 0 unspecified atom stereocenters. The molecule has 0 aliphatic heterocycles. The number of hydrogen-bond donors (Lipinski definition) is 1. The molecule has 0 radical (unpaired) electrons.